The van der Waals surface area contributed by atoms with Gasteiger partial charge in [-0.15, -0.1) is 11.3 Å². The second kappa shape index (κ2) is 9.00. The van der Waals surface area contributed by atoms with Crippen molar-refractivity contribution in [2.24, 2.45) is 0 Å². The average Bonchev–Trinajstić information content (AvgIpc) is 3.35. The fourth-order valence-corrected chi connectivity index (χ4v) is 5.00. The SMILES string of the molecule is CS(=O)(=O)c1ccc(CCC(=O)NCC(O)c2ccc(-c3ccsc3)s2)cc1. The first-order chi connectivity index (χ1) is 13.3. The monoisotopic (exact) mass is 435 g/mol. The number of carbonyl (C=O) groups excluding carboxylic acids is 1. The van der Waals surface area contributed by atoms with Crippen LogP contribution in [0.2, 0.25) is 0 Å². The maximum absolute atomic E-state index is 12.1. The molecule has 1 atom stereocenters. The van der Waals surface area contributed by atoms with Crippen molar-refractivity contribution in [2.75, 3.05) is 12.8 Å². The Hall–Kier alpha value is -2.00. The maximum Gasteiger partial charge on any atom is 0.220 e. The zero-order valence-corrected chi connectivity index (χ0v) is 17.7. The summed E-state index contributed by atoms with van der Waals surface area (Å²) in [7, 11) is -3.21. The van der Waals surface area contributed by atoms with E-state index < -0.39 is 15.9 Å². The molecule has 8 heteroatoms. The molecule has 3 rings (SSSR count). The highest BCUT2D eigenvalue weighted by Gasteiger charge is 2.13. The lowest BCUT2D eigenvalue weighted by molar-refractivity contribution is -0.121. The van der Waals surface area contributed by atoms with Crippen LogP contribution < -0.4 is 5.32 Å². The maximum atomic E-state index is 12.1. The molecule has 1 unspecified atom stereocenters. The highest BCUT2D eigenvalue weighted by molar-refractivity contribution is 7.90. The Labute approximate surface area is 172 Å². The molecule has 0 spiro atoms. The van der Waals surface area contributed by atoms with Gasteiger partial charge >= 0.3 is 0 Å². The van der Waals surface area contributed by atoms with E-state index in [1.54, 1.807) is 35.6 Å². The summed E-state index contributed by atoms with van der Waals surface area (Å²) in [6, 6.07) is 12.4. The lowest BCUT2D eigenvalue weighted by Gasteiger charge is -2.10. The molecule has 148 valence electrons. The van der Waals surface area contributed by atoms with Crippen LogP contribution in [0.3, 0.4) is 0 Å². The third kappa shape index (κ3) is 5.51. The Kier molecular flexibility index (Phi) is 6.66. The Balaban J connectivity index is 1.46. The minimum atomic E-state index is -3.21. The van der Waals surface area contributed by atoms with E-state index in [0.29, 0.717) is 6.42 Å². The van der Waals surface area contributed by atoms with Gasteiger partial charge in [0.2, 0.25) is 5.91 Å². The quantitative estimate of drug-likeness (QED) is 0.566. The van der Waals surface area contributed by atoms with E-state index >= 15 is 0 Å². The molecular formula is C20H21NO4S3. The van der Waals surface area contributed by atoms with E-state index in [2.05, 4.69) is 10.7 Å². The minimum Gasteiger partial charge on any atom is -0.386 e. The van der Waals surface area contributed by atoms with Crippen LogP contribution in [0.1, 0.15) is 23.0 Å². The first-order valence-corrected chi connectivity index (χ1v) is 12.3. The molecule has 5 nitrogen and oxygen atoms in total. The van der Waals surface area contributed by atoms with Gasteiger partial charge in [-0.1, -0.05) is 12.1 Å². The largest absolute Gasteiger partial charge is 0.386 e. The molecule has 2 aromatic heterocycles. The molecule has 0 aliphatic heterocycles. The number of aliphatic hydroxyl groups excluding tert-OH is 1. The lowest BCUT2D eigenvalue weighted by Crippen LogP contribution is -2.28. The van der Waals surface area contributed by atoms with Gasteiger partial charge in [0.25, 0.3) is 0 Å². The summed E-state index contributed by atoms with van der Waals surface area (Å²) in [6.07, 6.45) is 1.20. The van der Waals surface area contributed by atoms with Gasteiger partial charge in [0.15, 0.2) is 9.84 Å². The molecule has 28 heavy (non-hydrogen) atoms. The van der Waals surface area contributed by atoms with E-state index in [0.717, 1.165) is 27.1 Å². The zero-order chi connectivity index (χ0) is 20.1. The van der Waals surface area contributed by atoms with Crippen molar-refractivity contribution in [3.05, 3.63) is 63.7 Å². The number of carbonyl (C=O) groups is 1. The molecule has 1 amide bonds. The van der Waals surface area contributed by atoms with Crippen LogP contribution in [0.15, 0.2) is 58.1 Å². The summed E-state index contributed by atoms with van der Waals surface area (Å²) in [5, 5.41) is 17.1. The molecule has 0 aliphatic rings. The normalized spacial score (nSPS) is 12.6. The molecule has 2 heterocycles. The minimum absolute atomic E-state index is 0.152. The molecule has 2 N–H and O–H groups in total. The van der Waals surface area contributed by atoms with Crippen LogP contribution in [0.5, 0.6) is 0 Å². The van der Waals surface area contributed by atoms with Crippen LogP contribution in [0.4, 0.5) is 0 Å². The number of thiophene rings is 2. The van der Waals surface area contributed by atoms with Gasteiger partial charge in [0.05, 0.1) is 4.90 Å². The predicted molar refractivity (Wildman–Crippen MR) is 113 cm³/mol. The molecule has 0 radical (unpaired) electrons. The van der Waals surface area contributed by atoms with E-state index in [1.807, 2.05) is 23.6 Å². The summed E-state index contributed by atoms with van der Waals surface area (Å²) in [4.78, 5) is 14.2. The Morgan fingerprint density at radius 2 is 1.89 bits per heavy atom. The Morgan fingerprint density at radius 1 is 1.14 bits per heavy atom. The number of rotatable bonds is 8. The van der Waals surface area contributed by atoms with E-state index in [4.69, 9.17) is 0 Å². The predicted octanol–water partition coefficient (Wildman–Crippen LogP) is 3.66. The summed E-state index contributed by atoms with van der Waals surface area (Å²) in [5.74, 6) is -0.152. The summed E-state index contributed by atoms with van der Waals surface area (Å²) < 4.78 is 22.9. The van der Waals surface area contributed by atoms with E-state index in [9.17, 15) is 18.3 Å². The molecular weight excluding hydrogens is 414 g/mol. The summed E-state index contributed by atoms with van der Waals surface area (Å²) in [5.41, 5.74) is 2.03. The number of benzene rings is 1. The van der Waals surface area contributed by atoms with E-state index in [-0.39, 0.29) is 23.8 Å². The smallest absolute Gasteiger partial charge is 0.220 e. The lowest BCUT2D eigenvalue weighted by atomic mass is 10.1. The van der Waals surface area contributed by atoms with Crippen molar-refractivity contribution in [3.63, 3.8) is 0 Å². The van der Waals surface area contributed by atoms with Crippen LogP contribution in [-0.4, -0.2) is 32.2 Å². The van der Waals surface area contributed by atoms with Crippen molar-refractivity contribution < 1.29 is 18.3 Å². The Morgan fingerprint density at radius 3 is 2.54 bits per heavy atom. The number of hydrogen-bond acceptors (Lipinski definition) is 6. The van der Waals surface area contributed by atoms with Crippen molar-refractivity contribution in [3.8, 4) is 10.4 Å². The summed E-state index contributed by atoms with van der Waals surface area (Å²) >= 11 is 3.15. The molecule has 0 fully saturated rings. The summed E-state index contributed by atoms with van der Waals surface area (Å²) in [6.45, 7) is 0.162. The van der Waals surface area contributed by atoms with Gasteiger partial charge in [-0.25, -0.2) is 8.42 Å². The second-order valence-corrected chi connectivity index (χ2v) is 10.4. The molecule has 0 saturated carbocycles. The van der Waals surface area contributed by atoms with Crippen molar-refractivity contribution in [1.82, 2.24) is 5.32 Å². The third-order valence-corrected chi connectivity index (χ3v) is 7.29. The highest BCUT2D eigenvalue weighted by Crippen LogP contribution is 2.32. The average molecular weight is 436 g/mol. The van der Waals surface area contributed by atoms with Crippen LogP contribution in [0.25, 0.3) is 10.4 Å². The number of hydrogen-bond donors (Lipinski definition) is 2. The van der Waals surface area contributed by atoms with Crippen molar-refractivity contribution >= 4 is 38.4 Å². The standard InChI is InChI=1S/C20H21NO4S3/c1-28(24,25)16-5-2-14(3-6-16)4-9-20(23)21-12-17(22)19-8-7-18(27-19)15-10-11-26-13-15/h2-3,5-8,10-11,13,17,22H,4,9,12H2,1H3,(H,21,23). The fourth-order valence-electron chi connectivity index (χ4n) is 2.65. The molecule has 3 aromatic rings. The van der Waals surface area contributed by atoms with E-state index in [1.165, 1.54) is 11.3 Å². The second-order valence-electron chi connectivity index (χ2n) is 6.45. The van der Waals surface area contributed by atoms with Crippen molar-refractivity contribution in [2.45, 2.75) is 23.8 Å². The first kappa shape index (κ1) is 20.7. The molecule has 0 saturated heterocycles. The number of sulfone groups is 1. The number of nitrogens with one attached hydrogen (secondary N) is 1. The number of amides is 1. The number of aliphatic hydroxyl groups is 1. The molecule has 0 aliphatic carbocycles. The van der Waals surface area contributed by atoms with Crippen LogP contribution >= 0.6 is 22.7 Å². The number of aryl methyl sites for hydroxylation is 1. The fraction of sp³-hybridized carbons (Fsp3) is 0.250. The topological polar surface area (TPSA) is 83.5 Å². The Bertz CT molecular complexity index is 1020. The van der Waals surface area contributed by atoms with Crippen LogP contribution in [-0.2, 0) is 21.1 Å². The third-order valence-electron chi connectivity index (χ3n) is 4.25. The highest BCUT2D eigenvalue weighted by atomic mass is 32.2. The van der Waals surface area contributed by atoms with Gasteiger partial charge in [0, 0.05) is 34.5 Å². The van der Waals surface area contributed by atoms with Gasteiger partial charge in [-0.2, -0.15) is 11.3 Å². The van der Waals surface area contributed by atoms with Crippen LogP contribution in [0, 0.1) is 0 Å². The molecule has 1 aromatic carbocycles. The van der Waals surface area contributed by atoms with Gasteiger partial charge in [-0.3, -0.25) is 4.79 Å². The van der Waals surface area contributed by atoms with Gasteiger partial charge < -0.3 is 10.4 Å². The first-order valence-electron chi connectivity index (χ1n) is 8.69. The van der Waals surface area contributed by atoms with Crippen molar-refractivity contribution in [1.29, 1.82) is 0 Å². The zero-order valence-electron chi connectivity index (χ0n) is 15.3. The molecule has 0 bridgehead atoms. The van der Waals surface area contributed by atoms with Gasteiger partial charge in [-0.05, 0) is 53.1 Å². The van der Waals surface area contributed by atoms with Gasteiger partial charge in [0.1, 0.15) is 6.10 Å².